The van der Waals surface area contributed by atoms with E-state index in [1.807, 2.05) is 43.5 Å². The largest absolute Gasteiger partial charge is 0.382 e. The number of unbranched alkanes of at least 4 members (excludes halogenated alkanes) is 1. The van der Waals surface area contributed by atoms with Crippen molar-refractivity contribution in [2.75, 3.05) is 32.4 Å². The number of aromatic nitrogens is 2. The number of anilines is 1. The number of aryl methyl sites for hydroxylation is 1. The molecule has 0 fully saturated rings. The number of aliphatic imine (C=N–C) groups is 1. The van der Waals surface area contributed by atoms with E-state index in [-0.39, 0.29) is 24.0 Å². The minimum absolute atomic E-state index is 0. The number of rotatable bonds is 10. The molecule has 3 N–H and O–H groups in total. The number of halogens is 1. The van der Waals surface area contributed by atoms with E-state index in [9.17, 15) is 5.26 Å². The van der Waals surface area contributed by atoms with Gasteiger partial charge in [0.15, 0.2) is 5.96 Å². The molecule has 0 saturated heterocycles. The molecular weight excluding hydrogens is 489 g/mol. The van der Waals surface area contributed by atoms with Crippen LogP contribution in [0, 0.1) is 11.3 Å². The van der Waals surface area contributed by atoms with Crippen molar-refractivity contribution in [1.29, 1.82) is 5.26 Å². The van der Waals surface area contributed by atoms with E-state index >= 15 is 0 Å². The summed E-state index contributed by atoms with van der Waals surface area (Å²) in [6.45, 7) is 8.22. The second kappa shape index (κ2) is 13.6. The lowest BCUT2D eigenvalue weighted by Gasteiger charge is -2.21. The number of nitrogens with two attached hydrogens (primary N) is 1. The van der Waals surface area contributed by atoms with Gasteiger partial charge in [0.25, 0.3) is 0 Å². The highest BCUT2D eigenvalue weighted by Gasteiger charge is 2.16. The minimum atomic E-state index is 0. The molecule has 0 unspecified atom stereocenters. The Balaban J connectivity index is 0.00000450. The molecule has 2 aromatic rings. The molecule has 162 valence electrons. The average Bonchev–Trinajstić information content (AvgIpc) is 3.06. The van der Waals surface area contributed by atoms with Crippen LogP contribution in [-0.2, 0) is 6.42 Å². The number of para-hydroxylation sites is 1. The van der Waals surface area contributed by atoms with Gasteiger partial charge in [0, 0.05) is 26.7 Å². The first-order chi connectivity index (χ1) is 14.1. The normalized spacial score (nSPS) is 10.8. The number of benzene rings is 1. The quantitative estimate of drug-likeness (QED) is 0.163. The summed E-state index contributed by atoms with van der Waals surface area (Å²) in [5.41, 5.74) is 8.18. The topological polar surface area (TPSA) is 95.3 Å². The van der Waals surface area contributed by atoms with Gasteiger partial charge in [-0.3, -0.25) is 4.99 Å². The van der Waals surface area contributed by atoms with Gasteiger partial charge in [-0.1, -0.05) is 24.3 Å². The third-order valence-corrected chi connectivity index (χ3v) is 4.54. The van der Waals surface area contributed by atoms with Crippen LogP contribution in [0.4, 0.5) is 5.82 Å². The molecule has 0 radical (unpaired) electrons. The van der Waals surface area contributed by atoms with E-state index in [1.165, 1.54) is 0 Å². The lowest BCUT2D eigenvalue weighted by Crippen LogP contribution is -2.39. The Bertz CT molecular complexity index is 852. The van der Waals surface area contributed by atoms with Crippen molar-refractivity contribution in [2.24, 2.45) is 4.99 Å². The van der Waals surface area contributed by atoms with Crippen molar-refractivity contribution < 1.29 is 0 Å². The Labute approximate surface area is 196 Å². The Morgan fingerprint density at radius 3 is 2.73 bits per heavy atom. The van der Waals surface area contributed by atoms with Gasteiger partial charge in [0.1, 0.15) is 17.5 Å². The number of allylic oxidation sites excluding steroid dienone is 1. The van der Waals surface area contributed by atoms with Gasteiger partial charge in [0.2, 0.25) is 0 Å². The number of nitrogen functional groups attached to an aromatic ring is 1. The van der Waals surface area contributed by atoms with Crippen LogP contribution in [0.5, 0.6) is 0 Å². The van der Waals surface area contributed by atoms with Crippen LogP contribution in [0.2, 0.25) is 0 Å². The molecule has 30 heavy (non-hydrogen) atoms. The summed E-state index contributed by atoms with van der Waals surface area (Å²) in [5.74, 6) is 1.28. The fraction of sp³-hybridized carbons (Fsp3) is 0.409. The Morgan fingerprint density at radius 1 is 1.37 bits per heavy atom. The number of hydrogen-bond acceptors (Lipinski definition) is 4. The molecular formula is C22H32IN7. The molecule has 0 amide bonds. The van der Waals surface area contributed by atoms with Crippen LogP contribution in [0.25, 0.3) is 5.69 Å². The molecule has 0 atom stereocenters. The maximum Gasteiger partial charge on any atom is 0.193 e. The minimum Gasteiger partial charge on any atom is -0.382 e. The van der Waals surface area contributed by atoms with E-state index in [4.69, 9.17) is 10.7 Å². The van der Waals surface area contributed by atoms with E-state index in [2.05, 4.69) is 34.9 Å². The highest BCUT2D eigenvalue weighted by atomic mass is 127. The molecule has 0 aliphatic rings. The van der Waals surface area contributed by atoms with Crippen molar-refractivity contribution in [1.82, 2.24) is 20.0 Å². The molecule has 0 bridgehead atoms. The highest BCUT2D eigenvalue weighted by molar-refractivity contribution is 14.0. The van der Waals surface area contributed by atoms with E-state index in [0.717, 1.165) is 44.0 Å². The van der Waals surface area contributed by atoms with Crippen LogP contribution >= 0.6 is 24.0 Å². The van der Waals surface area contributed by atoms with Gasteiger partial charge >= 0.3 is 0 Å². The summed E-state index contributed by atoms with van der Waals surface area (Å²) < 4.78 is 1.63. The van der Waals surface area contributed by atoms with Gasteiger partial charge in [0.05, 0.1) is 11.4 Å². The molecule has 0 aliphatic carbocycles. The van der Waals surface area contributed by atoms with Crippen molar-refractivity contribution in [3.63, 3.8) is 0 Å². The Hall–Kier alpha value is -2.54. The van der Waals surface area contributed by atoms with Crippen LogP contribution in [-0.4, -0.2) is 47.3 Å². The predicted octanol–water partition coefficient (Wildman–Crippen LogP) is 3.74. The lowest BCUT2D eigenvalue weighted by atomic mass is 10.1. The first kappa shape index (κ1) is 25.5. The van der Waals surface area contributed by atoms with Gasteiger partial charge in [-0.05, 0) is 44.7 Å². The molecule has 0 spiro atoms. The zero-order valence-electron chi connectivity index (χ0n) is 17.8. The van der Waals surface area contributed by atoms with Crippen molar-refractivity contribution in [2.45, 2.75) is 32.6 Å². The van der Waals surface area contributed by atoms with E-state index < -0.39 is 0 Å². The SMILES string of the molecule is C=CCCCN(C)C(=NCCCc1nn(-c2ccccc2)c(N)c1C#N)NCC.I. The molecule has 2 rings (SSSR count). The van der Waals surface area contributed by atoms with Crippen LogP contribution in [0.3, 0.4) is 0 Å². The molecule has 8 heteroatoms. The maximum absolute atomic E-state index is 9.52. The Morgan fingerprint density at radius 2 is 2.10 bits per heavy atom. The second-order valence-corrected chi connectivity index (χ2v) is 6.76. The number of nitriles is 1. The molecule has 1 aromatic heterocycles. The number of hydrogen-bond donors (Lipinski definition) is 2. The fourth-order valence-corrected chi connectivity index (χ4v) is 3.02. The summed E-state index contributed by atoms with van der Waals surface area (Å²) in [5, 5.41) is 17.4. The summed E-state index contributed by atoms with van der Waals surface area (Å²) in [4.78, 5) is 6.84. The standard InChI is InChI=1S/C22H31N7.HI/c1-4-6-10-16-28(3)22(25-5-2)26-15-11-14-20-19(17-23)21(24)29(27-20)18-12-8-7-9-13-18;/h4,7-9,12-13H,1,5-6,10-11,14-16,24H2,2-3H3,(H,25,26);1H. The molecule has 1 aromatic carbocycles. The number of guanidine groups is 1. The van der Waals surface area contributed by atoms with Gasteiger partial charge in [-0.2, -0.15) is 10.4 Å². The summed E-state index contributed by atoms with van der Waals surface area (Å²) in [6, 6.07) is 11.8. The number of nitrogens with zero attached hydrogens (tertiary/aromatic N) is 5. The van der Waals surface area contributed by atoms with Crippen LogP contribution < -0.4 is 11.1 Å². The van der Waals surface area contributed by atoms with Gasteiger partial charge in [-0.15, -0.1) is 30.6 Å². The first-order valence-corrected chi connectivity index (χ1v) is 10.1. The van der Waals surface area contributed by atoms with Crippen molar-refractivity contribution in [3.05, 3.63) is 54.2 Å². The van der Waals surface area contributed by atoms with Gasteiger partial charge < -0.3 is 16.0 Å². The van der Waals surface area contributed by atoms with E-state index in [0.29, 0.717) is 30.0 Å². The van der Waals surface area contributed by atoms with Crippen molar-refractivity contribution in [3.8, 4) is 11.8 Å². The van der Waals surface area contributed by atoms with Crippen molar-refractivity contribution >= 4 is 35.8 Å². The zero-order valence-corrected chi connectivity index (χ0v) is 20.2. The molecule has 0 saturated carbocycles. The lowest BCUT2D eigenvalue weighted by molar-refractivity contribution is 0.469. The smallest absolute Gasteiger partial charge is 0.193 e. The average molecular weight is 521 g/mol. The molecule has 7 nitrogen and oxygen atoms in total. The summed E-state index contributed by atoms with van der Waals surface area (Å²) in [6.07, 6.45) is 5.41. The number of nitrogens with one attached hydrogen (secondary N) is 1. The summed E-state index contributed by atoms with van der Waals surface area (Å²) in [7, 11) is 2.04. The van der Waals surface area contributed by atoms with E-state index in [1.54, 1.807) is 4.68 Å². The second-order valence-electron chi connectivity index (χ2n) is 6.76. The molecule has 1 heterocycles. The highest BCUT2D eigenvalue weighted by Crippen LogP contribution is 2.21. The first-order valence-electron chi connectivity index (χ1n) is 10.1. The third kappa shape index (κ3) is 7.06. The predicted molar refractivity (Wildman–Crippen MR) is 134 cm³/mol. The maximum atomic E-state index is 9.52. The third-order valence-electron chi connectivity index (χ3n) is 4.54. The summed E-state index contributed by atoms with van der Waals surface area (Å²) >= 11 is 0. The fourth-order valence-electron chi connectivity index (χ4n) is 3.02. The van der Waals surface area contributed by atoms with Crippen LogP contribution in [0.15, 0.2) is 48.0 Å². The molecule has 0 aliphatic heterocycles. The Kier molecular flexibility index (Phi) is 11.6. The van der Waals surface area contributed by atoms with Gasteiger partial charge in [-0.25, -0.2) is 4.68 Å². The monoisotopic (exact) mass is 521 g/mol. The van der Waals surface area contributed by atoms with Crippen LogP contribution in [0.1, 0.15) is 37.4 Å². The zero-order chi connectivity index (χ0) is 21.1.